The molecule has 1 rings (SSSR count). The maximum atomic E-state index is 11.5. The Morgan fingerprint density at radius 2 is 2.46 bits per heavy atom. The van der Waals surface area contributed by atoms with Gasteiger partial charge in [-0.25, -0.2) is 0 Å². The number of Topliss-reactive ketones (excluding diaryl/α,β-unsaturated/α-hetero) is 1. The molecule has 0 bridgehead atoms. The zero-order valence-electron chi connectivity index (χ0n) is 7.78. The first-order valence-electron chi connectivity index (χ1n) is 4.00. The predicted octanol–water partition coefficient (Wildman–Crippen LogP) is -0.0398. The number of hydrogen-bond acceptors (Lipinski definition) is 4. The van der Waals surface area contributed by atoms with Crippen molar-refractivity contribution in [2.24, 2.45) is 12.8 Å². The number of aryl methyl sites for hydroxylation is 1. The molecule has 0 atom stereocenters. The van der Waals surface area contributed by atoms with Crippen LogP contribution in [0, 0.1) is 0 Å². The molecule has 0 aliphatic carbocycles. The van der Waals surface area contributed by atoms with Crippen molar-refractivity contribution in [3.63, 3.8) is 0 Å². The molecule has 0 fully saturated rings. The van der Waals surface area contributed by atoms with E-state index in [9.17, 15) is 4.79 Å². The summed E-state index contributed by atoms with van der Waals surface area (Å²) in [6.45, 7) is 0.340. The van der Waals surface area contributed by atoms with Gasteiger partial charge in [0, 0.05) is 13.5 Å². The highest BCUT2D eigenvalue weighted by molar-refractivity contribution is 5.97. The predicted molar refractivity (Wildman–Crippen MR) is 47.8 cm³/mol. The number of carbonyl (C=O) groups is 1. The first-order valence-corrected chi connectivity index (χ1v) is 4.00. The molecule has 0 saturated heterocycles. The Labute approximate surface area is 76.5 Å². The van der Waals surface area contributed by atoms with Crippen molar-refractivity contribution in [2.75, 3.05) is 13.7 Å². The van der Waals surface area contributed by atoms with Gasteiger partial charge in [0.15, 0.2) is 11.5 Å². The molecule has 1 aromatic rings. The summed E-state index contributed by atoms with van der Waals surface area (Å²) < 4.78 is 6.49. The summed E-state index contributed by atoms with van der Waals surface area (Å²) in [6.07, 6.45) is 1.83. The summed E-state index contributed by atoms with van der Waals surface area (Å²) in [5.41, 5.74) is 5.77. The van der Waals surface area contributed by atoms with Crippen LogP contribution in [0.4, 0.5) is 0 Å². The molecule has 0 aromatic carbocycles. The minimum atomic E-state index is -0.0423. The molecular weight excluding hydrogens is 170 g/mol. The number of nitrogens with two attached hydrogens (primary N) is 1. The Balaban J connectivity index is 2.96. The molecule has 0 unspecified atom stereocenters. The fourth-order valence-corrected chi connectivity index (χ4v) is 1.13. The second-order valence-electron chi connectivity index (χ2n) is 2.65. The third-order valence-corrected chi connectivity index (χ3v) is 1.76. The average Bonchev–Trinajstić information content (AvgIpc) is 2.47. The largest absolute Gasteiger partial charge is 0.493 e. The van der Waals surface area contributed by atoms with Crippen LogP contribution in [0.1, 0.15) is 16.9 Å². The van der Waals surface area contributed by atoms with Gasteiger partial charge in [-0.2, -0.15) is 5.10 Å². The Bertz CT molecular complexity index is 306. The van der Waals surface area contributed by atoms with Crippen molar-refractivity contribution in [3.05, 3.63) is 11.9 Å². The van der Waals surface area contributed by atoms with Crippen molar-refractivity contribution >= 4 is 5.78 Å². The van der Waals surface area contributed by atoms with Crippen LogP contribution in [0.3, 0.4) is 0 Å². The van der Waals surface area contributed by atoms with Gasteiger partial charge in [-0.1, -0.05) is 0 Å². The summed E-state index contributed by atoms with van der Waals surface area (Å²) in [4.78, 5) is 11.5. The van der Waals surface area contributed by atoms with Gasteiger partial charge in [-0.15, -0.1) is 0 Å². The summed E-state index contributed by atoms with van der Waals surface area (Å²) in [7, 11) is 3.21. The third-order valence-electron chi connectivity index (χ3n) is 1.76. The third kappa shape index (κ3) is 1.86. The molecule has 13 heavy (non-hydrogen) atoms. The van der Waals surface area contributed by atoms with E-state index in [4.69, 9.17) is 10.5 Å². The quantitative estimate of drug-likeness (QED) is 0.665. The molecular formula is C8H13N3O2. The zero-order chi connectivity index (χ0) is 9.84. The number of carbonyl (C=O) groups excluding carboxylic acids is 1. The number of ketones is 1. The van der Waals surface area contributed by atoms with Crippen LogP contribution in [0.2, 0.25) is 0 Å². The zero-order valence-corrected chi connectivity index (χ0v) is 7.78. The van der Waals surface area contributed by atoms with Gasteiger partial charge in [0.1, 0.15) is 5.69 Å². The minimum absolute atomic E-state index is 0.0423. The van der Waals surface area contributed by atoms with Crippen molar-refractivity contribution in [1.29, 1.82) is 0 Å². The van der Waals surface area contributed by atoms with Crippen LogP contribution in [0.15, 0.2) is 6.20 Å². The van der Waals surface area contributed by atoms with Crippen LogP contribution < -0.4 is 10.5 Å². The molecule has 0 radical (unpaired) electrons. The average molecular weight is 183 g/mol. The molecule has 0 aliphatic rings. The standard InChI is InChI=1S/C8H13N3O2/c1-11-8(6(12)3-4-9)7(13-2)5-10-11/h5H,3-4,9H2,1-2H3. The minimum Gasteiger partial charge on any atom is -0.493 e. The van der Waals surface area contributed by atoms with Gasteiger partial charge < -0.3 is 10.5 Å². The van der Waals surface area contributed by atoms with Crippen LogP contribution in [0.5, 0.6) is 5.75 Å². The van der Waals surface area contributed by atoms with E-state index < -0.39 is 0 Å². The molecule has 2 N–H and O–H groups in total. The van der Waals surface area contributed by atoms with E-state index >= 15 is 0 Å². The second-order valence-corrected chi connectivity index (χ2v) is 2.65. The molecule has 1 aromatic heterocycles. The van der Waals surface area contributed by atoms with Crippen LogP contribution >= 0.6 is 0 Å². The maximum absolute atomic E-state index is 11.5. The number of hydrogen-bond donors (Lipinski definition) is 1. The normalized spacial score (nSPS) is 10.1. The molecule has 0 saturated carbocycles. The number of ether oxygens (including phenoxy) is 1. The molecule has 5 heteroatoms. The highest BCUT2D eigenvalue weighted by atomic mass is 16.5. The van der Waals surface area contributed by atoms with Crippen LogP contribution in [-0.2, 0) is 7.05 Å². The Kier molecular flexibility index (Phi) is 3.02. The Morgan fingerprint density at radius 3 is 3.00 bits per heavy atom. The van der Waals surface area contributed by atoms with Crippen molar-refractivity contribution in [1.82, 2.24) is 9.78 Å². The molecule has 0 amide bonds. The van der Waals surface area contributed by atoms with E-state index in [0.717, 1.165) is 0 Å². The van der Waals surface area contributed by atoms with Crippen molar-refractivity contribution < 1.29 is 9.53 Å². The van der Waals surface area contributed by atoms with Crippen LogP contribution in [-0.4, -0.2) is 29.2 Å². The number of rotatable bonds is 4. The monoisotopic (exact) mass is 183 g/mol. The fraction of sp³-hybridized carbons (Fsp3) is 0.500. The molecule has 1 heterocycles. The first kappa shape index (κ1) is 9.73. The van der Waals surface area contributed by atoms with E-state index in [-0.39, 0.29) is 5.78 Å². The van der Waals surface area contributed by atoms with E-state index in [1.807, 2.05) is 0 Å². The highest BCUT2D eigenvalue weighted by Crippen LogP contribution is 2.17. The van der Waals surface area contributed by atoms with E-state index in [1.54, 1.807) is 7.05 Å². The number of methoxy groups -OCH3 is 1. The topological polar surface area (TPSA) is 70.1 Å². The van der Waals surface area contributed by atoms with Gasteiger partial charge >= 0.3 is 0 Å². The van der Waals surface area contributed by atoms with Crippen molar-refractivity contribution in [2.45, 2.75) is 6.42 Å². The van der Waals surface area contributed by atoms with Gasteiger partial charge in [0.05, 0.1) is 13.3 Å². The van der Waals surface area contributed by atoms with Crippen LogP contribution in [0.25, 0.3) is 0 Å². The maximum Gasteiger partial charge on any atom is 0.185 e. The smallest absolute Gasteiger partial charge is 0.185 e. The Morgan fingerprint density at radius 1 is 1.77 bits per heavy atom. The fourth-order valence-electron chi connectivity index (χ4n) is 1.13. The lowest BCUT2D eigenvalue weighted by Gasteiger charge is -2.02. The van der Waals surface area contributed by atoms with E-state index in [1.165, 1.54) is 18.0 Å². The number of aromatic nitrogens is 2. The van der Waals surface area contributed by atoms with Crippen molar-refractivity contribution in [3.8, 4) is 5.75 Å². The summed E-state index contributed by atoms with van der Waals surface area (Å²) in [6, 6.07) is 0. The highest BCUT2D eigenvalue weighted by Gasteiger charge is 2.16. The lowest BCUT2D eigenvalue weighted by atomic mass is 10.2. The lowest BCUT2D eigenvalue weighted by molar-refractivity contribution is 0.0973. The molecule has 0 aliphatic heterocycles. The first-order chi connectivity index (χ1) is 6.20. The number of nitrogens with zero attached hydrogens (tertiary/aromatic N) is 2. The van der Waals surface area contributed by atoms with Gasteiger partial charge in [0.2, 0.25) is 0 Å². The summed E-state index contributed by atoms with van der Waals surface area (Å²) in [5.74, 6) is 0.459. The van der Waals surface area contributed by atoms with E-state index in [2.05, 4.69) is 5.10 Å². The molecule has 72 valence electrons. The molecule has 0 spiro atoms. The Hall–Kier alpha value is -1.36. The van der Waals surface area contributed by atoms with Gasteiger partial charge in [-0.3, -0.25) is 9.48 Å². The molecule has 5 nitrogen and oxygen atoms in total. The second kappa shape index (κ2) is 4.04. The van der Waals surface area contributed by atoms with E-state index in [0.29, 0.717) is 24.4 Å². The van der Waals surface area contributed by atoms with Gasteiger partial charge in [0.25, 0.3) is 0 Å². The SMILES string of the molecule is COc1cnn(C)c1C(=O)CCN. The summed E-state index contributed by atoms with van der Waals surface area (Å²) in [5, 5.41) is 3.92. The summed E-state index contributed by atoms with van der Waals surface area (Å²) >= 11 is 0. The van der Waals surface area contributed by atoms with Gasteiger partial charge in [-0.05, 0) is 6.54 Å². The lowest BCUT2D eigenvalue weighted by Crippen LogP contribution is -2.13.